The van der Waals surface area contributed by atoms with Crippen molar-refractivity contribution in [3.05, 3.63) is 30.6 Å². The smallest absolute Gasteiger partial charge is 0.154 e. The first kappa shape index (κ1) is 12.0. The molecule has 4 heteroatoms. The number of nitrogens with zero attached hydrogens (tertiary/aromatic N) is 3. The minimum Gasteiger partial charge on any atom is -0.371 e. The zero-order valence-corrected chi connectivity index (χ0v) is 11.5. The standard InChI is InChI=1S/C15H18N4/c1-4-10(2)19-9-17-13-14(19)11-7-5-6-8-12(11)18-15(13)16-3/h5-10H,4H2,1-3H3,(H,16,18). The van der Waals surface area contributed by atoms with Gasteiger partial charge in [-0.2, -0.15) is 0 Å². The molecule has 1 unspecified atom stereocenters. The van der Waals surface area contributed by atoms with E-state index in [0.717, 1.165) is 28.7 Å². The van der Waals surface area contributed by atoms with Crippen LogP contribution in [0.15, 0.2) is 30.6 Å². The molecule has 0 amide bonds. The van der Waals surface area contributed by atoms with Gasteiger partial charge in [0.1, 0.15) is 5.52 Å². The lowest BCUT2D eigenvalue weighted by atomic mass is 10.1. The lowest BCUT2D eigenvalue weighted by molar-refractivity contribution is 0.545. The monoisotopic (exact) mass is 254 g/mol. The first-order valence-electron chi connectivity index (χ1n) is 6.69. The van der Waals surface area contributed by atoms with Crippen LogP contribution in [0.4, 0.5) is 5.82 Å². The summed E-state index contributed by atoms with van der Waals surface area (Å²) in [5, 5.41) is 4.31. The Balaban J connectivity index is 2.45. The Hall–Kier alpha value is -2.10. The Morgan fingerprint density at radius 3 is 2.84 bits per heavy atom. The summed E-state index contributed by atoms with van der Waals surface area (Å²) in [5.41, 5.74) is 3.12. The van der Waals surface area contributed by atoms with Gasteiger partial charge in [-0.05, 0) is 19.4 Å². The summed E-state index contributed by atoms with van der Waals surface area (Å²) in [6, 6.07) is 8.66. The summed E-state index contributed by atoms with van der Waals surface area (Å²) >= 11 is 0. The van der Waals surface area contributed by atoms with E-state index < -0.39 is 0 Å². The fourth-order valence-corrected chi connectivity index (χ4v) is 2.45. The van der Waals surface area contributed by atoms with Crippen LogP contribution in [-0.2, 0) is 0 Å². The van der Waals surface area contributed by atoms with Gasteiger partial charge >= 0.3 is 0 Å². The van der Waals surface area contributed by atoms with E-state index in [-0.39, 0.29) is 0 Å². The number of pyridine rings is 1. The van der Waals surface area contributed by atoms with Crippen molar-refractivity contribution in [3.63, 3.8) is 0 Å². The number of benzene rings is 1. The lowest BCUT2D eigenvalue weighted by Crippen LogP contribution is -2.03. The maximum Gasteiger partial charge on any atom is 0.154 e. The molecule has 1 aromatic carbocycles. The summed E-state index contributed by atoms with van der Waals surface area (Å²) < 4.78 is 2.25. The van der Waals surface area contributed by atoms with Crippen molar-refractivity contribution < 1.29 is 0 Å². The van der Waals surface area contributed by atoms with Gasteiger partial charge in [0.05, 0.1) is 17.4 Å². The summed E-state index contributed by atoms with van der Waals surface area (Å²) in [5.74, 6) is 0.843. The number of fused-ring (bicyclic) bond motifs is 3. The molecule has 0 bridgehead atoms. The average molecular weight is 254 g/mol. The number of nitrogens with one attached hydrogen (secondary N) is 1. The normalized spacial score (nSPS) is 13.0. The number of hydrogen-bond acceptors (Lipinski definition) is 3. The molecular formula is C15H18N4. The highest BCUT2D eigenvalue weighted by Gasteiger charge is 2.15. The highest BCUT2D eigenvalue weighted by atomic mass is 15.1. The highest BCUT2D eigenvalue weighted by molar-refractivity contribution is 6.06. The van der Waals surface area contributed by atoms with Gasteiger partial charge in [0, 0.05) is 18.5 Å². The van der Waals surface area contributed by atoms with Gasteiger partial charge in [-0.3, -0.25) is 0 Å². The summed E-state index contributed by atoms with van der Waals surface area (Å²) in [4.78, 5) is 9.18. The first-order valence-corrected chi connectivity index (χ1v) is 6.69. The Bertz CT molecular complexity index is 729. The number of hydrogen-bond donors (Lipinski definition) is 1. The molecule has 1 atom stereocenters. The van der Waals surface area contributed by atoms with Crippen molar-refractivity contribution in [3.8, 4) is 0 Å². The second kappa shape index (κ2) is 4.53. The Morgan fingerprint density at radius 2 is 2.11 bits per heavy atom. The van der Waals surface area contributed by atoms with Crippen LogP contribution in [0, 0.1) is 0 Å². The van der Waals surface area contributed by atoms with E-state index in [2.05, 4.69) is 45.8 Å². The van der Waals surface area contributed by atoms with Gasteiger partial charge in [-0.25, -0.2) is 9.97 Å². The predicted octanol–water partition coefficient (Wildman–Crippen LogP) is 3.60. The van der Waals surface area contributed by atoms with Crippen molar-refractivity contribution in [2.45, 2.75) is 26.3 Å². The molecule has 0 fully saturated rings. The number of aromatic nitrogens is 3. The Kier molecular flexibility index (Phi) is 2.85. The molecule has 4 nitrogen and oxygen atoms in total. The lowest BCUT2D eigenvalue weighted by Gasteiger charge is -2.13. The van der Waals surface area contributed by atoms with Crippen LogP contribution >= 0.6 is 0 Å². The van der Waals surface area contributed by atoms with Gasteiger partial charge in [0.15, 0.2) is 5.82 Å². The molecule has 0 aliphatic heterocycles. The van der Waals surface area contributed by atoms with E-state index in [4.69, 9.17) is 0 Å². The zero-order chi connectivity index (χ0) is 13.4. The van der Waals surface area contributed by atoms with Crippen LogP contribution in [-0.4, -0.2) is 21.6 Å². The third-order valence-corrected chi connectivity index (χ3v) is 3.71. The second-order valence-corrected chi connectivity index (χ2v) is 4.83. The van der Waals surface area contributed by atoms with Gasteiger partial charge in [0.25, 0.3) is 0 Å². The highest BCUT2D eigenvalue weighted by Crippen LogP contribution is 2.30. The van der Waals surface area contributed by atoms with Gasteiger partial charge < -0.3 is 9.88 Å². The maximum atomic E-state index is 4.63. The third-order valence-electron chi connectivity index (χ3n) is 3.71. The molecule has 0 saturated heterocycles. The van der Waals surface area contributed by atoms with Crippen molar-refractivity contribution in [1.82, 2.24) is 14.5 Å². The molecule has 0 saturated carbocycles. The van der Waals surface area contributed by atoms with E-state index >= 15 is 0 Å². The van der Waals surface area contributed by atoms with Crippen molar-refractivity contribution in [1.29, 1.82) is 0 Å². The van der Waals surface area contributed by atoms with Crippen LogP contribution in [0.3, 0.4) is 0 Å². The second-order valence-electron chi connectivity index (χ2n) is 4.83. The Morgan fingerprint density at radius 1 is 1.32 bits per heavy atom. The molecule has 0 spiro atoms. The summed E-state index contributed by atoms with van der Waals surface area (Å²) in [7, 11) is 1.89. The van der Waals surface area contributed by atoms with Crippen molar-refractivity contribution in [2.24, 2.45) is 0 Å². The molecule has 98 valence electrons. The van der Waals surface area contributed by atoms with Crippen LogP contribution in [0.25, 0.3) is 21.9 Å². The van der Waals surface area contributed by atoms with Gasteiger partial charge in [-0.15, -0.1) is 0 Å². The SMILES string of the molecule is CCC(C)n1cnc2c(NC)nc3ccccc3c21. The van der Waals surface area contributed by atoms with E-state index in [1.54, 1.807) is 0 Å². The van der Waals surface area contributed by atoms with Gasteiger partial charge in [-0.1, -0.05) is 25.1 Å². The molecule has 2 heterocycles. The minimum atomic E-state index is 0.431. The number of rotatable bonds is 3. The largest absolute Gasteiger partial charge is 0.371 e. The molecule has 0 aliphatic rings. The first-order chi connectivity index (χ1) is 9.26. The van der Waals surface area contributed by atoms with E-state index in [0.29, 0.717) is 6.04 Å². The van der Waals surface area contributed by atoms with Crippen LogP contribution in [0.1, 0.15) is 26.3 Å². The molecular weight excluding hydrogens is 236 g/mol. The van der Waals surface area contributed by atoms with Crippen molar-refractivity contribution >= 4 is 27.8 Å². The molecule has 1 N–H and O–H groups in total. The van der Waals surface area contributed by atoms with E-state index in [9.17, 15) is 0 Å². The molecule has 0 aliphatic carbocycles. The zero-order valence-electron chi connectivity index (χ0n) is 11.5. The predicted molar refractivity (Wildman–Crippen MR) is 79.6 cm³/mol. The van der Waals surface area contributed by atoms with Crippen LogP contribution in [0.5, 0.6) is 0 Å². The summed E-state index contributed by atoms with van der Waals surface area (Å²) in [6.45, 7) is 4.41. The fourth-order valence-electron chi connectivity index (χ4n) is 2.45. The molecule has 0 radical (unpaired) electrons. The third kappa shape index (κ3) is 1.75. The topological polar surface area (TPSA) is 42.7 Å². The van der Waals surface area contributed by atoms with Crippen LogP contribution < -0.4 is 5.32 Å². The molecule has 3 rings (SSSR count). The molecule has 19 heavy (non-hydrogen) atoms. The molecule has 2 aromatic heterocycles. The summed E-state index contributed by atoms with van der Waals surface area (Å²) in [6.07, 6.45) is 3.00. The van der Waals surface area contributed by atoms with E-state index in [1.807, 2.05) is 25.5 Å². The van der Waals surface area contributed by atoms with Crippen LogP contribution in [0.2, 0.25) is 0 Å². The quantitative estimate of drug-likeness (QED) is 0.776. The number of anilines is 1. The maximum absolute atomic E-state index is 4.63. The number of para-hydroxylation sites is 1. The minimum absolute atomic E-state index is 0.431. The van der Waals surface area contributed by atoms with Gasteiger partial charge in [0.2, 0.25) is 0 Å². The molecule has 3 aromatic rings. The fraction of sp³-hybridized carbons (Fsp3) is 0.333. The number of imidazole rings is 1. The van der Waals surface area contributed by atoms with E-state index in [1.165, 1.54) is 5.52 Å². The Labute approximate surface area is 112 Å². The van der Waals surface area contributed by atoms with Crippen molar-refractivity contribution in [2.75, 3.05) is 12.4 Å². The average Bonchev–Trinajstić information content (AvgIpc) is 2.90.